The van der Waals surface area contributed by atoms with Crippen molar-refractivity contribution in [3.63, 3.8) is 0 Å². The van der Waals surface area contributed by atoms with Crippen LogP contribution in [0.15, 0.2) is 0 Å². The van der Waals surface area contributed by atoms with Crippen LogP contribution in [0.4, 0.5) is 4.79 Å². The minimum Gasteiger partial charge on any atom is -0.480 e. The number of terminal acetylenes is 1. The van der Waals surface area contributed by atoms with Crippen molar-refractivity contribution < 1.29 is 24.3 Å². The van der Waals surface area contributed by atoms with Gasteiger partial charge in [0.1, 0.15) is 12.1 Å². The fourth-order valence-corrected chi connectivity index (χ4v) is 1.73. The third-order valence-corrected chi connectivity index (χ3v) is 2.88. The molecule has 8 nitrogen and oxygen atoms in total. The summed E-state index contributed by atoms with van der Waals surface area (Å²) in [7, 11) is 1.33. The molecule has 2 atom stereocenters. The number of nitrogens with one attached hydrogen (secondary N) is 2. The maximum atomic E-state index is 11.7. The number of aliphatic carboxylic acids is 1. The number of carbonyl (C=O) groups is 4. The van der Waals surface area contributed by atoms with E-state index in [2.05, 4.69) is 16.6 Å². The number of hydrogen-bond acceptors (Lipinski definition) is 4. The summed E-state index contributed by atoms with van der Waals surface area (Å²) >= 11 is 0. The van der Waals surface area contributed by atoms with Crippen LogP contribution in [-0.2, 0) is 14.4 Å². The zero-order chi connectivity index (χ0) is 15.3. The highest BCUT2D eigenvalue weighted by molar-refractivity contribution is 6.01. The van der Waals surface area contributed by atoms with Crippen LogP contribution in [0.3, 0.4) is 0 Å². The third-order valence-electron chi connectivity index (χ3n) is 2.88. The molecule has 4 amide bonds. The maximum absolute atomic E-state index is 11.7. The highest BCUT2D eigenvalue weighted by Gasteiger charge is 2.33. The molecule has 0 aromatic rings. The molecule has 2 unspecified atom stereocenters. The molecule has 1 aliphatic heterocycles. The molecule has 108 valence electrons. The molecule has 3 N–H and O–H groups in total. The van der Waals surface area contributed by atoms with Crippen molar-refractivity contribution in [2.24, 2.45) is 0 Å². The summed E-state index contributed by atoms with van der Waals surface area (Å²) in [6, 6.07) is -2.88. The van der Waals surface area contributed by atoms with Gasteiger partial charge in [-0.1, -0.05) is 0 Å². The number of nitrogens with zero attached hydrogens (tertiary/aromatic N) is 1. The molecule has 20 heavy (non-hydrogen) atoms. The topological polar surface area (TPSA) is 116 Å². The lowest BCUT2D eigenvalue weighted by Gasteiger charge is -2.28. The lowest BCUT2D eigenvalue weighted by atomic mass is 10.1. The number of hydrogen-bond donors (Lipinski definition) is 3. The molecule has 1 rings (SSSR count). The number of rotatable bonds is 4. The number of carboxylic acid groups (broad SMARTS) is 1. The largest absolute Gasteiger partial charge is 0.480 e. The summed E-state index contributed by atoms with van der Waals surface area (Å²) in [5.41, 5.74) is 0. The van der Waals surface area contributed by atoms with Crippen molar-refractivity contribution in [1.29, 1.82) is 0 Å². The van der Waals surface area contributed by atoms with Gasteiger partial charge >= 0.3 is 12.0 Å². The summed E-state index contributed by atoms with van der Waals surface area (Å²) in [5, 5.41) is 13.3. The van der Waals surface area contributed by atoms with E-state index in [9.17, 15) is 19.2 Å². The van der Waals surface area contributed by atoms with Crippen LogP contribution in [0, 0.1) is 12.3 Å². The smallest absolute Gasteiger partial charge is 0.327 e. The Morgan fingerprint density at radius 1 is 1.55 bits per heavy atom. The monoisotopic (exact) mass is 281 g/mol. The van der Waals surface area contributed by atoms with Gasteiger partial charge in [-0.05, 0) is 6.42 Å². The van der Waals surface area contributed by atoms with Crippen LogP contribution in [0.5, 0.6) is 0 Å². The standard InChI is InChI=1S/C12H15N3O5/c1-3-4-8(11(18)19)14-12(20)13-7-5-6-9(16)15(2)10(7)17/h1,7-8H,4-6H2,2H3,(H,18,19)(H2,13,14,20). The number of piperidine rings is 1. The Kier molecular flexibility index (Phi) is 5.08. The number of carboxylic acids is 1. The van der Waals surface area contributed by atoms with E-state index in [0.717, 1.165) is 4.90 Å². The van der Waals surface area contributed by atoms with E-state index in [4.69, 9.17) is 11.5 Å². The van der Waals surface area contributed by atoms with Gasteiger partial charge in [0, 0.05) is 19.9 Å². The van der Waals surface area contributed by atoms with Crippen LogP contribution in [0.25, 0.3) is 0 Å². The number of likely N-dealkylation sites (tertiary alicyclic amines) is 1. The van der Waals surface area contributed by atoms with Crippen LogP contribution >= 0.6 is 0 Å². The van der Waals surface area contributed by atoms with Crippen molar-refractivity contribution >= 4 is 23.8 Å². The van der Waals surface area contributed by atoms with Crippen molar-refractivity contribution in [3.05, 3.63) is 0 Å². The van der Waals surface area contributed by atoms with E-state index in [1.165, 1.54) is 7.05 Å². The van der Waals surface area contributed by atoms with E-state index < -0.39 is 30.0 Å². The number of likely N-dealkylation sites (N-methyl/N-ethyl adjacent to an activating group) is 1. The van der Waals surface area contributed by atoms with Gasteiger partial charge in [-0.2, -0.15) is 0 Å². The number of urea groups is 1. The predicted molar refractivity (Wildman–Crippen MR) is 67.3 cm³/mol. The Hall–Kier alpha value is -2.56. The Morgan fingerprint density at radius 2 is 2.20 bits per heavy atom. The molecular formula is C12H15N3O5. The Labute approximate surface area is 115 Å². The average molecular weight is 281 g/mol. The Balaban J connectivity index is 2.58. The van der Waals surface area contributed by atoms with Crippen LogP contribution in [0.2, 0.25) is 0 Å². The zero-order valence-electron chi connectivity index (χ0n) is 10.9. The first kappa shape index (κ1) is 15.5. The van der Waals surface area contributed by atoms with Gasteiger partial charge in [0.2, 0.25) is 5.91 Å². The van der Waals surface area contributed by atoms with E-state index in [1.807, 2.05) is 0 Å². The number of carbonyl (C=O) groups excluding carboxylic acids is 3. The molecule has 0 saturated carbocycles. The maximum Gasteiger partial charge on any atom is 0.327 e. The molecule has 8 heteroatoms. The van der Waals surface area contributed by atoms with Gasteiger partial charge in [0.05, 0.1) is 0 Å². The summed E-state index contributed by atoms with van der Waals surface area (Å²) in [5.74, 6) is 0.0299. The van der Waals surface area contributed by atoms with Gasteiger partial charge in [0.15, 0.2) is 0 Å². The lowest BCUT2D eigenvalue weighted by molar-refractivity contribution is -0.147. The normalized spacial score (nSPS) is 20.0. The zero-order valence-corrected chi connectivity index (χ0v) is 10.9. The molecule has 0 bridgehead atoms. The quantitative estimate of drug-likeness (QED) is 0.447. The van der Waals surface area contributed by atoms with E-state index >= 15 is 0 Å². The Bertz CT molecular complexity index is 482. The lowest BCUT2D eigenvalue weighted by Crippen LogP contribution is -2.56. The fourth-order valence-electron chi connectivity index (χ4n) is 1.73. The molecule has 1 aliphatic rings. The summed E-state index contributed by atoms with van der Waals surface area (Å²) in [6.07, 6.45) is 5.15. The molecule has 1 saturated heterocycles. The molecule has 1 fully saturated rings. The molecule has 0 aromatic heterocycles. The summed E-state index contributed by atoms with van der Waals surface area (Å²) < 4.78 is 0. The van der Waals surface area contributed by atoms with Gasteiger partial charge in [-0.15, -0.1) is 12.3 Å². The van der Waals surface area contributed by atoms with Gasteiger partial charge in [0.25, 0.3) is 5.91 Å². The SMILES string of the molecule is C#CCC(NC(=O)NC1CCC(=O)N(C)C1=O)C(=O)O. The second-order valence-electron chi connectivity index (χ2n) is 4.30. The second-order valence-corrected chi connectivity index (χ2v) is 4.30. The van der Waals surface area contributed by atoms with E-state index in [-0.39, 0.29) is 25.2 Å². The molecule has 0 spiro atoms. The van der Waals surface area contributed by atoms with E-state index in [1.54, 1.807) is 0 Å². The van der Waals surface area contributed by atoms with Crippen LogP contribution in [-0.4, -0.2) is 53.0 Å². The first-order valence-electron chi connectivity index (χ1n) is 5.90. The number of amides is 4. The first-order chi connectivity index (χ1) is 9.36. The summed E-state index contributed by atoms with van der Waals surface area (Å²) in [4.78, 5) is 46.4. The Morgan fingerprint density at radius 3 is 2.75 bits per heavy atom. The fraction of sp³-hybridized carbons (Fsp3) is 0.500. The van der Waals surface area contributed by atoms with E-state index in [0.29, 0.717) is 0 Å². The van der Waals surface area contributed by atoms with Crippen molar-refractivity contribution in [1.82, 2.24) is 15.5 Å². The van der Waals surface area contributed by atoms with Crippen molar-refractivity contribution in [3.8, 4) is 12.3 Å². The average Bonchev–Trinajstić information content (AvgIpc) is 2.39. The molecular weight excluding hydrogens is 266 g/mol. The van der Waals surface area contributed by atoms with Crippen molar-refractivity contribution in [2.75, 3.05) is 7.05 Å². The summed E-state index contributed by atoms with van der Waals surface area (Å²) in [6.45, 7) is 0. The molecule has 1 heterocycles. The molecule has 0 radical (unpaired) electrons. The highest BCUT2D eigenvalue weighted by Crippen LogP contribution is 2.11. The molecule has 0 aliphatic carbocycles. The first-order valence-corrected chi connectivity index (χ1v) is 5.90. The van der Waals surface area contributed by atoms with Crippen molar-refractivity contribution in [2.45, 2.75) is 31.3 Å². The van der Waals surface area contributed by atoms with Crippen LogP contribution in [0.1, 0.15) is 19.3 Å². The minimum atomic E-state index is -1.26. The van der Waals surface area contributed by atoms with Crippen LogP contribution < -0.4 is 10.6 Å². The number of imide groups is 1. The molecule has 0 aromatic carbocycles. The minimum absolute atomic E-state index is 0.139. The predicted octanol–water partition coefficient (Wildman–Crippen LogP) is -1.09. The van der Waals surface area contributed by atoms with Gasteiger partial charge < -0.3 is 15.7 Å². The highest BCUT2D eigenvalue weighted by atomic mass is 16.4. The van der Waals surface area contributed by atoms with Gasteiger partial charge in [-0.3, -0.25) is 14.5 Å². The third kappa shape index (κ3) is 3.71. The second kappa shape index (κ2) is 6.56. The van der Waals surface area contributed by atoms with Gasteiger partial charge in [-0.25, -0.2) is 9.59 Å².